The summed E-state index contributed by atoms with van der Waals surface area (Å²) in [7, 11) is 1.68. The van der Waals surface area contributed by atoms with Crippen LogP contribution in [0.2, 0.25) is 0 Å². The molecule has 0 bridgehead atoms. The number of hydrogen-bond acceptors (Lipinski definition) is 5. The topological polar surface area (TPSA) is 54.8 Å². The first-order chi connectivity index (χ1) is 11.8. The molecule has 0 unspecified atom stereocenters. The lowest BCUT2D eigenvalue weighted by Crippen LogP contribution is -2.46. The van der Waals surface area contributed by atoms with E-state index in [0.717, 1.165) is 42.5 Å². The molecule has 1 N–H and O–H groups in total. The molecule has 2 aliphatic heterocycles. The predicted octanol–water partition coefficient (Wildman–Crippen LogP) is 2.61. The van der Waals surface area contributed by atoms with Crippen molar-refractivity contribution < 1.29 is 14.6 Å². The van der Waals surface area contributed by atoms with Crippen molar-refractivity contribution in [3.63, 3.8) is 0 Å². The van der Waals surface area contributed by atoms with Gasteiger partial charge in [0.15, 0.2) is 0 Å². The van der Waals surface area contributed by atoms with Crippen molar-refractivity contribution in [1.82, 2.24) is 4.98 Å². The average molecular weight is 328 g/mol. The third-order valence-electron chi connectivity index (χ3n) is 5.40. The van der Waals surface area contributed by atoms with E-state index in [9.17, 15) is 5.11 Å². The van der Waals surface area contributed by atoms with Crippen molar-refractivity contribution in [3.8, 4) is 5.75 Å². The van der Waals surface area contributed by atoms with E-state index in [1.165, 1.54) is 5.69 Å². The Morgan fingerprint density at radius 3 is 3.04 bits per heavy atom. The Morgan fingerprint density at radius 2 is 2.21 bits per heavy atom. The lowest BCUT2D eigenvalue weighted by molar-refractivity contribution is -0.0437. The standard InChI is InChI=1S/C19H24N2O3/c1-23-18-6-2-4-13-16(7-9-20-19(13)18)21-10-3-5-15(21)14-12-24-11-8-17(14)22/h2,4,6-7,9,14-15,17,22H,3,5,8,10-12H2,1H3/t14-,15+,17+/m0/s1. The van der Waals surface area contributed by atoms with Crippen LogP contribution in [0.15, 0.2) is 30.5 Å². The largest absolute Gasteiger partial charge is 0.494 e. The number of anilines is 1. The van der Waals surface area contributed by atoms with Gasteiger partial charge in [-0.3, -0.25) is 4.98 Å². The summed E-state index contributed by atoms with van der Waals surface area (Å²) in [6, 6.07) is 8.45. The molecule has 2 saturated heterocycles. The molecule has 0 radical (unpaired) electrons. The van der Waals surface area contributed by atoms with E-state index < -0.39 is 0 Å². The van der Waals surface area contributed by atoms with Gasteiger partial charge in [0.1, 0.15) is 11.3 Å². The molecule has 128 valence electrons. The summed E-state index contributed by atoms with van der Waals surface area (Å²) in [4.78, 5) is 6.95. The molecule has 0 spiro atoms. The van der Waals surface area contributed by atoms with Crippen molar-refractivity contribution in [1.29, 1.82) is 0 Å². The number of pyridine rings is 1. The number of aromatic nitrogens is 1. The molecule has 3 atom stereocenters. The Balaban J connectivity index is 1.73. The maximum absolute atomic E-state index is 10.5. The number of methoxy groups -OCH3 is 1. The lowest BCUT2D eigenvalue weighted by Gasteiger charge is -2.38. The first kappa shape index (κ1) is 15.7. The second-order valence-corrected chi connectivity index (χ2v) is 6.68. The molecular formula is C19H24N2O3. The van der Waals surface area contributed by atoms with Gasteiger partial charge in [-0.2, -0.15) is 0 Å². The van der Waals surface area contributed by atoms with E-state index in [1.807, 2.05) is 18.3 Å². The van der Waals surface area contributed by atoms with Crippen LogP contribution < -0.4 is 9.64 Å². The highest BCUT2D eigenvalue weighted by Gasteiger charge is 2.38. The normalized spacial score (nSPS) is 27.6. The van der Waals surface area contributed by atoms with Crippen LogP contribution >= 0.6 is 0 Å². The Bertz CT molecular complexity index is 721. The summed E-state index contributed by atoms with van der Waals surface area (Å²) in [6.07, 6.45) is 4.55. The summed E-state index contributed by atoms with van der Waals surface area (Å²) < 4.78 is 11.1. The number of nitrogens with zero attached hydrogens (tertiary/aromatic N) is 2. The lowest BCUT2D eigenvalue weighted by atomic mass is 9.89. The molecule has 2 aromatic rings. The Morgan fingerprint density at radius 1 is 1.29 bits per heavy atom. The first-order valence-electron chi connectivity index (χ1n) is 8.74. The molecule has 5 heteroatoms. The van der Waals surface area contributed by atoms with Gasteiger partial charge in [-0.25, -0.2) is 0 Å². The quantitative estimate of drug-likeness (QED) is 0.939. The summed E-state index contributed by atoms with van der Waals surface area (Å²) in [6.45, 7) is 2.32. The summed E-state index contributed by atoms with van der Waals surface area (Å²) >= 11 is 0. The molecule has 2 fully saturated rings. The van der Waals surface area contributed by atoms with Crippen molar-refractivity contribution in [2.45, 2.75) is 31.4 Å². The number of hydrogen-bond donors (Lipinski definition) is 1. The monoisotopic (exact) mass is 328 g/mol. The number of para-hydroxylation sites is 1. The zero-order valence-corrected chi connectivity index (χ0v) is 14.0. The van der Waals surface area contributed by atoms with Crippen LogP contribution in [0.3, 0.4) is 0 Å². The van der Waals surface area contributed by atoms with Crippen molar-refractivity contribution >= 4 is 16.6 Å². The number of ether oxygens (including phenoxy) is 2. The van der Waals surface area contributed by atoms with Crippen LogP contribution in [-0.2, 0) is 4.74 Å². The summed E-state index contributed by atoms with van der Waals surface area (Å²) in [5.41, 5.74) is 2.07. The third kappa shape index (κ3) is 2.62. The van der Waals surface area contributed by atoms with Gasteiger partial charge in [0.05, 0.1) is 19.8 Å². The minimum Gasteiger partial charge on any atom is -0.494 e. The molecule has 4 rings (SSSR count). The fourth-order valence-electron chi connectivity index (χ4n) is 4.20. The van der Waals surface area contributed by atoms with Crippen molar-refractivity contribution in [3.05, 3.63) is 30.5 Å². The highest BCUT2D eigenvalue weighted by Crippen LogP contribution is 2.38. The van der Waals surface area contributed by atoms with Gasteiger partial charge >= 0.3 is 0 Å². The first-order valence-corrected chi connectivity index (χ1v) is 8.74. The van der Waals surface area contributed by atoms with E-state index in [1.54, 1.807) is 7.11 Å². The van der Waals surface area contributed by atoms with E-state index in [2.05, 4.69) is 22.0 Å². The van der Waals surface area contributed by atoms with Crippen LogP contribution in [-0.4, -0.2) is 49.1 Å². The van der Waals surface area contributed by atoms with Crippen LogP contribution in [0.25, 0.3) is 10.9 Å². The number of aliphatic hydroxyl groups is 1. The van der Waals surface area contributed by atoms with Crippen LogP contribution in [0.4, 0.5) is 5.69 Å². The summed E-state index contributed by atoms with van der Waals surface area (Å²) in [5.74, 6) is 0.973. The summed E-state index contributed by atoms with van der Waals surface area (Å²) in [5, 5.41) is 11.6. The van der Waals surface area contributed by atoms with Gasteiger partial charge in [0.25, 0.3) is 0 Å². The zero-order valence-electron chi connectivity index (χ0n) is 14.0. The molecule has 2 aliphatic rings. The second-order valence-electron chi connectivity index (χ2n) is 6.68. The average Bonchev–Trinajstić information content (AvgIpc) is 3.10. The molecule has 1 aromatic carbocycles. The van der Waals surface area contributed by atoms with Gasteiger partial charge in [0, 0.05) is 42.4 Å². The molecule has 0 aliphatic carbocycles. The van der Waals surface area contributed by atoms with Gasteiger partial charge < -0.3 is 19.5 Å². The Kier molecular flexibility index (Phi) is 4.29. The molecular weight excluding hydrogens is 304 g/mol. The van der Waals surface area contributed by atoms with Gasteiger partial charge in [-0.15, -0.1) is 0 Å². The van der Waals surface area contributed by atoms with E-state index in [-0.39, 0.29) is 12.0 Å². The predicted molar refractivity (Wildman–Crippen MR) is 93.6 cm³/mol. The molecule has 0 amide bonds. The van der Waals surface area contributed by atoms with E-state index >= 15 is 0 Å². The number of rotatable bonds is 3. The van der Waals surface area contributed by atoms with Crippen molar-refractivity contribution in [2.75, 3.05) is 31.8 Å². The molecule has 24 heavy (non-hydrogen) atoms. The van der Waals surface area contributed by atoms with E-state index in [4.69, 9.17) is 9.47 Å². The third-order valence-corrected chi connectivity index (χ3v) is 5.40. The highest BCUT2D eigenvalue weighted by atomic mass is 16.5. The Labute approximate surface area is 142 Å². The molecule has 5 nitrogen and oxygen atoms in total. The fourth-order valence-corrected chi connectivity index (χ4v) is 4.20. The van der Waals surface area contributed by atoms with Crippen LogP contribution in [0, 0.1) is 5.92 Å². The van der Waals surface area contributed by atoms with Gasteiger partial charge in [0.2, 0.25) is 0 Å². The zero-order chi connectivity index (χ0) is 16.5. The smallest absolute Gasteiger partial charge is 0.145 e. The fraction of sp³-hybridized carbons (Fsp3) is 0.526. The van der Waals surface area contributed by atoms with Crippen LogP contribution in [0.1, 0.15) is 19.3 Å². The minimum atomic E-state index is -0.271. The molecule has 1 aromatic heterocycles. The van der Waals surface area contributed by atoms with Crippen molar-refractivity contribution in [2.24, 2.45) is 5.92 Å². The molecule has 0 saturated carbocycles. The molecule has 3 heterocycles. The van der Waals surface area contributed by atoms with Gasteiger partial charge in [-0.05, 0) is 31.4 Å². The number of benzene rings is 1. The Hall–Kier alpha value is -1.85. The SMILES string of the molecule is COc1cccc2c(N3CCC[C@@H]3[C@@H]3COCC[C@H]3O)ccnc12. The second kappa shape index (κ2) is 6.57. The van der Waals surface area contributed by atoms with Gasteiger partial charge in [-0.1, -0.05) is 12.1 Å². The maximum atomic E-state index is 10.5. The van der Waals surface area contributed by atoms with Crippen LogP contribution in [0.5, 0.6) is 5.75 Å². The minimum absolute atomic E-state index is 0.176. The number of fused-ring (bicyclic) bond motifs is 1. The highest BCUT2D eigenvalue weighted by molar-refractivity contribution is 5.95. The van der Waals surface area contributed by atoms with E-state index in [0.29, 0.717) is 19.3 Å². The number of aliphatic hydroxyl groups excluding tert-OH is 1. The maximum Gasteiger partial charge on any atom is 0.145 e.